The molecule has 0 radical (unpaired) electrons. The van der Waals surface area contributed by atoms with Crippen molar-refractivity contribution in [3.8, 4) is 0 Å². The topological polar surface area (TPSA) is 88.3 Å². The Morgan fingerprint density at radius 3 is 2.63 bits per heavy atom. The van der Waals surface area contributed by atoms with Crippen LogP contribution in [0, 0.1) is 0 Å². The Labute approximate surface area is 152 Å². The lowest BCUT2D eigenvalue weighted by atomic mass is 10.0. The van der Waals surface area contributed by atoms with Crippen LogP contribution in [0.15, 0.2) is 30.5 Å². The van der Waals surface area contributed by atoms with Crippen LogP contribution in [0.25, 0.3) is 0 Å². The van der Waals surface area contributed by atoms with Crippen molar-refractivity contribution in [2.45, 2.75) is 44.6 Å². The molecule has 1 unspecified atom stereocenters. The Morgan fingerprint density at radius 1 is 1.37 bits per heavy atom. The Kier molecular flexibility index (Phi) is 4.90. The number of carboxylic acids is 1. The maximum Gasteiger partial charge on any atom is 0.416 e. The van der Waals surface area contributed by atoms with Crippen molar-refractivity contribution in [1.82, 2.24) is 19.9 Å². The predicted molar refractivity (Wildman–Crippen MR) is 86.7 cm³/mol. The van der Waals surface area contributed by atoms with E-state index in [0.717, 1.165) is 35.9 Å². The summed E-state index contributed by atoms with van der Waals surface area (Å²) < 4.78 is 40.0. The van der Waals surface area contributed by atoms with Crippen molar-refractivity contribution in [1.29, 1.82) is 0 Å². The first kappa shape index (κ1) is 18.9. The van der Waals surface area contributed by atoms with E-state index in [1.807, 2.05) is 0 Å². The first-order valence-electron chi connectivity index (χ1n) is 8.28. The molecule has 7 nitrogen and oxygen atoms in total. The SMILES string of the molecule is CC(c1cccc(C(F)(F)F)c1)N(C(=O)Cn1cc(C(=O)O)nn1)C1CC1. The lowest BCUT2D eigenvalue weighted by Crippen LogP contribution is -2.38. The highest BCUT2D eigenvalue weighted by molar-refractivity contribution is 5.85. The molecule has 0 spiro atoms. The molecular formula is C17H17F3N4O3. The van der Waals surface area contributed by atoms with Gasteiger partial charge in [-0.3, -0.25) is 4.79 Å². The molecule has 1 amide bonds. The van der Waals surface area contributed by atoms with Crippen LogP contribution in [0.2, 0.25) is 0 Å². The fourth-order valence-electron chi connectivity index (χ4n) is 2.92. The average molecular weight is 382 g/mol. The van der Waals surface area contributed by atoms with Crippen LogP contribution in [0.3, 0.4) is 0 Å². The van der Waals surface area contributed by atoms with Gasteiger partial charge in [-0.05, 0) is 37.5 Å². The van der Waals surface area contributed by atoms with E-state index in [4.69, 9.17) is 5.11 Å². The number of amides is 1. The van der Waals surface area contributed by atoms with Crippen LogP contribution in [-0.2, 0) is 17.5 Å². The molecule has 27 heavy (non-hydrogen) atoms. The van der Waals surface area contributed by atoms with Gasteiger partial charge in [0.05, 0.1) is 17.8 Å². The van der Waals surface area contributed by atoms with E-state index in [1.54, 1.807) is 13.0 Å². The molecule has 1 atom stereocenters. The number of rotatable bonds is 6. The molecule has 1 aromatic carbocycles. The zero-order chi connectivity index (χ0) is 19.8. The van der Waals surface area contributed by atoms with Gasteiger partial charge in [0.15, 0.2) is 5.69 Å². The normalized spacial score (nSPS) is 15.4. The number of halogens is 3. The van der Waals surface area contributed by atoms with E-state index in [0.29, 0.717) is 5.56 Å². The molecule has 3 rings (SSSR count). The van der Waals surface area contributed by atoms with Gasteiger partial charge in [-0.1, -0.05) is 17.3 Å². The predicted octanol–water partition coefficient (Wildman–Crippen LogP) is 2.75. The summed E-state index contributed by atoms with van der Waals surface area (Å²) in [7, 11) is 0. The number of benzene rings is 1. The quantitative estimate of drug-likeness (QED) is 0.830. The molecule has 1 aliphatic carbocycles. The molecule has 2 aromatic rings. The second-order valence-electron chi connectivity index (χ2n) is 6.44. The molecule has 1 fully saturated rings. The fraction of sp³-hybridized carbons (Fsp3) is 0.412. The molecular weight excluding hydrogens is 365 g/mol. The standard InChI is InChI=1S/C17H17F3N4O3/c1-10(11-3-2-4-12(7-11)17(18,19)20)24(13-5-6-13)15(25)9-23-8-14(16(26)27)21-22-23/h2-4,7-8,10,13H,5-6,9H2,1H3,(H,26,27). The minimum absolute atomic E-state index is 0.0514. The van der Waals surface area contributed by atoms with Crippen molar-refractivity contribution in [3.63, 3.8) is 0 Å². The van der Waals surface area contributed by atoms with Crippen molar-refractivity contribution < 1.29 is 27.9 Å². The summed E-state index contributed by atoms with van der Waals surface area (Å²) in [5, 5.41) is 15.9. The van der Waals surface area contributed by atoms with Crippen LogP contribution in [-0.4, -0.2) is 42.9 Å². The summed E-state index contributed by atoms with van der Waals surface area (Å²) in [4.78, 5) is 25.1. The highest BCUT2D eigenvalue weighted by Gasteiger charge is 2.37. The number of nitrogens with zero attached hydrogens (tertiary/aromatic N) is 4. The monoisotopic (exact) mass is 382 g/mol. The molecule has 1 aromatic heterocycles. The number of hydrogen-bond acceptors (Lipinski definition) is 4. The zero-order valence-electron chi connectivity index (χ0n) is 14.3. The number of carbonyl (C=O) groups is 2. The summed E-state index contributed by atoms with van der Waals surface area (Å²) >= 11 is 0. The number of aromatic nitrogens is 3. The van der Waals surface area contributed by atoms with Gasteiger partial charge in [-0.25, -0.2) is 9.48 Å². The average Bonchev–Trinajstić information content (AvgIpc) is 3.31. The number of alkyl halides is 3. The molecule has 1 saturated carbocycles. The second kappa shape index (κ2) is 7.01. The third-order valence-corrected chi connectivity index (χ3v) is 4.40. The minimum Gasteiger partial charge on any atom is -0.476 e. The fourth-order valence-corrected chi connectivity index (χ4v) is 2.92. The molecule has 0 bridgehead atoms. The minimum atomic E-state index is -4.46. The Hall–Kier alpha value is -2.91. The highest BCUT2D eigenvalue weighted by atomic mass is 19.4. The van der Waals surface area contributed by atoms with Gasteiger partial charge >= 0.3 is 12.1 Å². The van der Waals surface area contributed by atoms with Crippen LogP contribution < -0.4 is 0 Å². The summed E-state index contributed by atoms with van der Waals surface area (Å²) in [6.45, 7) is 1.44. The number of carboxylic acid groups (broad SMARTS) is 1. The van der Waals surface area contributed by atoms with Gasteiger partial charge in [0, 0.05) is 6.04 Å². The lowest BCUT2D eigenvalue weighted by molar-refractivity contribution is -0.137. The van der Waals surface area contributed by atoms with Crippen LogP contribution in [0.1, 0.15) is 47.4 Å². The highest BCUT2D eigenvalue weighted by Crippen LogP contribution is 2.36. The molecule has 10 heteroatoms. The summed E-state index contributed by atoms with van der Waals surface area (Å²) in [6.07, 6.45) is -1.78. The smallest absolute Gasteiger partial charge is 0.416 e. The van der Waals surface area contributed by atoms with Gasteiger partial charge in [0.1, 0.15) is 6.54 Å². The van der Waals surface area contributed by atoms with Gasteiger partial charge in [-0.2, -0.15) is 13.2 Å². The van der Waals surface area contributed by atoms with Crippen molar-refractivity contribution in [3.05, 3.63) is 47.3 Å². The number of carbonyl (C=O) groups excluding carboxylic acids is 1. The maximum atomic E-state index is 13.0. The number of aromatic carboxylic acids is 1. The van der Waals surface area contributed by atoms with Crippen molar-refractivity contribution in [2.75, 3.05) is 0 Å². The first-order valence-corrected chi connectivity index (χ1v) is 8.28. The van der Waals surface area contributed by atoms with Gasteiger partial charge in [0.25, 0.3) is 0 Å². The molecule has 1 heterocycles. The third kappa shape index (κ3) is 4.26. The van der Waals surface area contributed by atoms with E-state index in [-0.39, 0.29) is 24.2 Å². The lowest BCUT2D eigenvalue weighted by Gasteiger charge is -2.30. The van der Waals surface area contributed by atoms with Crippen LogP contribution >= 0.6 is 0 Å². The van der Waals surface area contributed by atoms with Gasteiger partial charge < -0.3 is 10.0 Å². The molecule has 1 N–H and O–H groups in total. The Bertz CT molecular complexity index is 861. The van der Waals surface area contributed by atoms with Gasteiger partial charge in [-0.15, -0.1) is 5.10 Å². The number of hydrogen-bond donors (Lipinski definition) is 1. The Balaban J connectivity index is 1.80. The van der Waals surface area contributed by atoms with E-state index in [9.17, 15) is 22.8 Å². The van der Waals surface area contributed by atoms with E-state index < -0.39 is 23.8 Å². The molecule has 1 aliphatic rings. The van der Waals surface area contributed by atoms with Crippen LogP contribution in [0.4, 0.5) is 13.2 Å². The van der Waals surface area contributed by atoms with Crippen molar-refractivity contribution >= 4 is 11.9 Å². The summed E-state index contributed by atoms with van der Waals surface area (Å²) in [5.41, 5.74) is -0.668. The second-order valence-corrected chi connectivity index (χ2v) is 6.44. The largest absolute Gasteiger partial charge is 0.476 e. The zero-order valence-corrected chi connectivity index (χ0v) is 14.3. The Morgan fingerprint density at radius 2 is 2.07 bits per heavy atom. The third-order valence-electron chi connectivity index (χ3n) is 4.40. The summed E-state index contributed by atoms with van der Waals surface area (Å²) in [5.74, 6) is -1.62. The van der Waals surface area contributed by atoms with Crippen LogP contribution in [0.5, 0.6) is 0 Å². The van der Waals surface area contributed by atoms with Gasteiger partial charge in [0.2, 0.25) is 5.91 Å². The van der Waals surface area contributed by atoms with Crippen molar-refractivity contribution in [2.24, 2.45) is 0 Å². The molecule has 144 valence electrons. The molecule has 0 saturated heterocycles. The maximum absolute atomic E-state index is 13.0. The molecule has 0 aliphatic heterocycles. The van der Waals surface area contributed by atoms with E-state index >= 15 is 0 Å². The van der Waals surface area contributed by atoms with E-state index in [1.165, 1.54) is 11.0 Å². The summed E-state index contributed by atoms with van der Waals surface area (Å²) in [6, 6.07) is 4.30. The first-order chi connectivity index (χ1) is 12.7. The van der Waals surface area contributed by atoms with E-state index in [2.05, 4.69) is 10.3 Å².